The Morgan fingerprint density at radius 2 is 2.33 bits per heavy atom. The number of hydrogen-bond donors (Lipinski definition) is 1. The van der Waals surface area contributed by atoms with Gasteiger partial charge in [-0.25, -0.2) is 0 Å². The molecular weight excluding hydrogens is 262 g/mol. The van der Waals surface area contributed by atoms with E-state index in [2.05, 4.69) is 24.9 Å². The third-order valence-electron chi connectivity index (χ3n) is 2.70. The summed E-state index contributed by atoms with van der Waals surface area (Å²) in [7, 11) is 0. The summed E-state index contributed by atoms with van der Waals surface area (Å²) in [6, 6.07) is 8.63. The van der Waals surface area contributed by atoms with E-state index in [0.29, 0.717) is 6.04 Å². The van der Waals surface area contributed by atoms with Crippen molar-refractivity contribution in [1.82, 2.24) is 5.32 Å². The predicted molar refractivity (Wildman–Crippen MR) is 83.7 cm³/mol. The molecule has 0 radical (unpaired) electrons. The van der Waals surface area contributed by atoms with Gasteiger partial charge in [0.05, 0.1) is 0 Å². The number of rotatable bonds is 9. The lowest BCUT2D eigenvalue weighted by Gasteiger charge is -2.17. The van der Waals surface area contributed by atoms with Gasteiger partial charge in [-0.3, -0.25) is 0 Å². The minimum atomic E-state index is 0.568. The number of hydrogen-bond acceptors (Lipinski definition) is 2. The van der Waals surface area contributed by atoms with Crippen LogP contribution < -0.4 is 5.32 Å². The van der Waals surface area contributed by atoms with Crippen LogP contribution in [0.15, 0.2) is 41.8 Å². The molecule has 1 rings (SSSR count). The van der Waals surface area contributed by atoms with Crippen molar-refractivity contribution in [1.29, 1.82) is 0 Å². The first-order valence-corrected chi connectivity index (χ1v) is 7.85. The third-order valence-corrected chi connectivity index (χ3v) is 4.09. The molecule has 0 aliphatic heterocycles. The smallest absolute Gasteiger partial charge is 0.0417 e. The van der Waals surface area contributed by atoms with E-state index in [-0.39, 0.29) is 0 Å². The lowest BCUT2D eigenvalue weighted by molar-refractivity contribution is 0.521. The molecule has 1 N–H and O–H groups in total. The Kier molecular flexibility index (Phi) is 8.23. The van der Waals surface area contributed by atoms with Gasteiger partial charge in [0.1, 0.15) is 0 Å². The molecule has 3 heteroatoms. The molecule has 1 aromatic rings. The Hall–Kier alpha value is -0.440. The molecular formula is C15H22ClNS. The molecule has 0 fully saturated rings. The highest BCUT2D eigenvalue weighted by Gasteiger charge is 2.07. The van der Waals surface area contributed by atoms with Gasteiger partial charge >= 0.3 is 0 Å². The molecule has 100 valence electrons. The largest absolute Gasteiger partial charge is 0.313 e. The van der Waals surface area contributed by atoms with E-state index < -0.39 is 0 Å². The van der Waals surface area contributed by atoms with E-state index >= 15 is 0 Å². The van der Waals surface area contributed by atoms with Crippen molar-refractivity contribution in [3.63, 3.8) is 0 Å². The van der Waals surface area contributed by atoms with E-state index in [1.807, 2.05) is 36.0 Å². The molecule has 0 aliphatic rings. The summed E-state index contributed by atoms with van der Waals surface area (Å²) in [5, 5.41) is 4.35. The Morgan fingerprint density at radius 3 is 3.00 bits per heavy atom. The van der Waals surface area contributed by atoms with Crippen LogP contribution in [0.5, 0.6) is 0 Å². The first-order valence-electron chi connectivity index (χ1n) is 6.49. The minimum Gasteiger partial charge on any atom is -0.313 e. The van der Waals surface area contributed by atoms with Gasteiger partial charge < -0.3 is 5.32 Å². The number of unbranched alkanes of at least 4 members (excludes halogenated alkanes) is 1. The van der Waals surface area contributed by atoms with Crippen LogP contribution in [0.2, 0.25) is 5.02 Å². The van der Waals surface area contributed by atoms with E-state index in [1.54, 1.807) is 0 Å². The minimum absolute atomic E-state index is 0.568. The third kappa shape index (κ3) is 6.48. The van der Waals surface area contributed by atoms with E-state index in [0.717, 1.165) is 23.7 Å². The number of halogens is 1. The average Bonchev–Trinajstić information content (AvgIpc) is 2.36. The number of nitrogens with one attached hydrogen (secondary N) is 1. The van der Waals surface area contributed by atoms with Crippen molar-refractivity contribution < 1.29 is 0 Å². The highest BCUT2D eigenvalue weighted by molar-refractivity contribution is 7.99. The molecule has 0 spiro atoms. The fourth-order valence-electron chi connectivity index (χ4n) is 1.80. The van der Waals surface area contributed by atoms with Gasteiger partial charge in [0.15, 0.2) is 0 Å². The number of benzene rings is 1. The zero-order valence-electron chi connectivity index (χ0n) is 11.0. The summed E-state index contributed by atoms with van der Waals surface area (Å²) < 4.78 is 0. The summed E-state index contributed by atoms with van der Waals surface area (Å²) >= 11 is 7.85. The van der Waals surface area contributed by atoms with Gasteiger partial charge in [0.25, 0.3) is 0 Å². The molecule has 0 saturated heterocycles. The fraction of sp³-hybridized carbons (Fsp3) is 0.467. The van der Waals surface area contributed by atoms with E-state index in [4.69, 9.17) is 11.6 Å². The monoisotopic (exact) mass is 283 g/mol. The van der Waals surface area contributed by atoms with Gasteiger partial charge in [0.2, 0.25) is 0 Å². The summed E-state index contributed by atoms with van der Waals surface area (Å²) in [5.74, 6) is 1.09. The molecule has 1 atom stereocenters. The van der Waals surface area contributed by atoms with Gasteiger partial charge in [-0.05, 0) is 44.0 Å². The van der Waals surface area contributed by atoms with E-state index in [1.165, 1.54) is 17.7 Å². The van der Waals surface area contributed by atoms with Crippen LogP contribution in [0.4, 0.5) is 0 Å². The molecule has 0 amide bonds. The summed E-state index contributed by atoms with van der Waals surface area (Å²) in [4.78, 5) is 1.24. The second-order valence-electron chi connectivity index (χ2n) is 4.24. The topological polar surface area (TPSA) is 12.0 Å². The van der Waals surface area contributed by atoms with Gasteiger partial charge in [0, 0.05) is 21.7 Å². The molecule has 1 aromatic carbocycles. The molecule has 0 aromatic heterocycles. The Balaban J connectivity index is 2.38. The number of allylic oxidation sites excluding steroid dienone is 1. The van der Waals surface area contributed by atoms with Crippen LogP contribution in [0, 0.1) is 0 Å². The van der Waals surface area contributed by atoms with Crippen molar-refractivity contribution in [2.24, 2.45) is 0 Å². The van der Waals surface area contributed by atoms with Crippen LogP contribution >= 0.6 is 23.4 Å². The first kappa shape index (κ1) is 15.6. The normalized spacial score (nSPS) is 12.3. The van der Waals surface area contributed by atoms with Crippen molar-refractivity contribution in [2.45, 2.75) is 37.1 Å². The second-order valence-corrected chi connectivity index (χ2v) is 5.77. The second kappa shape index (κ2) is 9.48. The fourth-order valence-corrected chi connectivity index (χ4v) is 3.11. The van der Waals surface area contributed by atoms with Gasteiger partial charge in [-0.1, -0.05) is 30.7 Å². The van der Waals surface area contributed by atoms with Gasteiger partial charge in [-0.2, -0.15) is 0 Å². The van der Waals surface area contributed by atoms with Crippen molar-refractivity contribution in [3.8, 4) is 0 Å². The highest BCUT2D eigenvalue weighted by Crippen LogP contribution is 2.23. The van der Waals surface area contributed by atoms with Crippen molar-refractivity contribution in [3.05, 3.63) is 41.9 Å². The maximum Gasteiger partial charge on any atom is 0.0417 e. The molecule has 18 heavy (non-hydrogen) atoms. The predicted octanol–water partition coefficient (Wildman–Crippen LogP) is 4.77. The molecule has 0 saturated carbocycles. The molecule has 1 unspecified atom stereocenters. The van der Waals surface area contributed by atoms with Crippen molar-refractivity contribution in [2.75, 3.05) is 12.3 Å². The lowest BCUT2D eigenvalue weighted by atomic mass is 10.1. The zero-order chi connectivity index (χ0) is 13.2. The lowest BCUT2D eigenvalue weighted by Crippen LogP contribution is -2.31. The van der Waals surface area contributed by atoms with Crippen LogP contribution in [0.1, 0.15) is 26.2 Å². The van der Waals surface area contributed by atoms with Crippen LogP contribution in [0.25, 0.3) is 0 Å². The maximum atomic E-state index is 5.98. The molecule has 0 bridgehead atoms. The van der Waals surface area contributed by atoms with Crippen molar-refractivity contribution >= 4 is 23.4 Å². The zero-order valence-corrected chi connectivity index (χ0v) is 12.6. The maximum absolute atomic E-state index is 5.98. The molecule has 1 nitrogen and oxygen atoms in total. The summed E-state index contributed by atoms with van der Waals surface area (Å²) in [5.41, 5.74) is 0. The quantitative estimate of drug-likeness (QED) is 0.398. The molecule has 0 aliphatic carbocycles. The number of thioether (sulfide) groups is 1. The summed E-state index contributed by atoms with van der Waals surface area (Å²) in [6.07, 6.45) is 5.50. The highest BCUT2D eigenvalue weighted by atomic mass is 35.5. The van der Waals surface area contributed by atoms with Crippen LogP contribution in [0.3, 0.4) is 0 Å². The Labute approximate surface area is 120 Å². The average molecular weight is 284 g/mol. The van der Waals surface area contributed by atoms with Crippen LogP contribution in [-0.2, 0) is 0 Å². The first-order chi connectivity index (χ1) is 8.76. The Morgan fingerprint density at radius 1 is 1.50 bits per heavy atom. The standard InChI is InChI=1S/C15H22ClNS/c1-3-5-6-9-14(17-4-2)12-18-15-10-7-8-13(16)11-15/h3,7-8,10-11,14,17H,1,4-6,9,12H2,2H3. The van der Waals surface area contributed by atoms with Gasteiger partial charge in [-0.15, -0.1) is 18.3 Å². The SMILES string of the molecule is C=CCCCC(CSc1cccc(Cl)c1)NCC. The Bertz CT molecular complexity index is 354. The molecule has 0 heterocycles. The summed E-state index contributed by atoms with van der Waals surface area (Å²) in [6.45, 7) is 6.95. The van der Waals surface area contributed by atoms with Crippen LogP contribution in [-0.4, -0.2) is 18.3 Å². The van der Waals surface area contributed by atoms with E-state index in [9.17, 15) is 0 Å².